The third-order valence-electron chi connectivity index (χ3n) is 3.55. The summed E-state index contributed by atoms with van der Waals surface area (Å²) < 4.78 is 5.94. The summed E-state index contributed by atoms with van der Waals surface area (Å²) in [5.41, 5.74) is 0.786. The second kappa shape index (κ2) is 5.41. The Labute approximate surface area is 116 Å². The average Bonchev–Trinajstić information content (AvgIpc) is 2.74. The maximum Gasteiger partial charge on any atom is 0.325 e. The lowest BCUT2D eigenvalue weighted by atomic mass is 9.91. The highest BCUT2D eigenvalue weighted by Crippen LogP contribution is 2.28. The number of rotatable bonds is 3. The first kappa shape index (κ1) is 13.6. The van der Waals surface area contributed by atoms with Gasteiger partial charge in [0.2, 0.25) is 0 Å². The van der Waals surface area contributed by atoms with Crippen molar-refractivity contribution in [3.8, 4) is 0 Å². The fourth-order valence-electron chi connectivity index (χ4n) is 2.57. The van der Waals surface area contributed by atoms with E-state index >= 15 is 0 Å². The van der Waals surface area contributed by atoms with E-state index in [2.05, 4.69) is 45.5 Å². The molecule has 0 radical (unpaired) electrons. The standard InChI is InChI=1S/C14H18BrNO2/c1-14(13(17)18-2)8-11(9-16-14)7-10-3-5-12(15)6-4-10/h3-6,11,16H,7-9H2,1-2H3. The molecular formula is C14H18BrNO2. The number of hydrogen-bond donors (Lipinski definition) is 1. The van der Waals surface area contributed by atoms with E-state index in [1.807, 2.05) is 6.92 Å². The zero-order valence-electron chi connectivity index (χ0n) is 10.7. The van der Waals surface area contributed by atoms with Crippen molar-refractivity contribution in [2.24, 2.45) is 5.92 Å². The highest BCUT2D eigenvalue weighted by Gasteiger charge is 2.41. The molecule has 1 aliphatic heterocycles. The van der Waals surface area contributed by atoms with E-state index in [9.17, 15) is 4.79 Å². The molecule has 0 saturated carbocycles. The first-order chi connectivity index (χ1) is 8.53. The van der Waals surface area contributed by atoms with Gasteiger partial charge in [-0.15, -0.1) is 0 Å². The summed E-state index contributed by atoms with van der Waals surface area (Å²) in [7, 11) is 1.44. The number of methoxy groups -OCH3 is 1. The van der Waals surface area contributed by atoms with Crippen molar-refractivity contribution < 1.29 is 9.53 Å². The number of nitrogens with one attached hydrogen (secondary N) is 1. The van der Waals surface area contributed by atoms with Gasteiger partial charge in [-0.05, 0) is 49.9 Å². The number of halogens is 1. The second-order valence-electron chi connectivity index (χ2n) is 5.11. The third-order valence-corrected chi connectivity index (χ3v) is 4.08. The Bertz CT molecular complexity index is 432. The number of ether oxygens (including phenoxy) is 1. The van der Waals surface area contributed by atoms with E-state index < -0.39 is 5.54 Å². The van der Waals surface area contributed by atoms with Crippen molar-refractivity contribution in [1.29, 1.82) is 0 Å². The summed E-state index contributed by atoms with van der Waals surface area (Å²) in [6.45, 7) is 2.78. The number of carbonyl (C=O) groups excluding carboxylic acids is 1. The van der Waals surface area contributed by atoms with Crippen molar-refractivity contribution in [3.63, 3.8) is 0 Å². The van der Waals surface area contributed by atoms with Crippen LogP contribution in [0.1, 0.15) is 18.9 Å². The van der Waals surface area contributed by atoms with Crippen LogP contribution in [0.5, 0.6) is 0 Å². The van der Waals surface area contributed by atoms with Crippen LogP contribution in [-0.4, -0.2) is 25.2 Å². The van der Waals surface area contributed by atoms with Gasteiger partial charge in [0.25, 0.3) is 0 Å². The molecule has 18 heavy (non-hydrogen) atoms. The fourth-order valence-corrected chi connectivity index (χ4v) is 2.83. The number of hydrogen-bond acceptors (Lipinski definition) is 3. The predicted octanol–water partition coefficient (Wildman–Crippen LogP) is 2.53. The topological polar surface area (TPSA) is 38.3 Å². The molecule has 3 nitrogen and oxygen atoms in total. The van der Waals surface area contributed by atoms with Gasteiger partial charge in [-0.2, -0.15) is 0 Å². The molecule has 1 saturated heterocycles. The highest BCUT2D eigenvalue weighted by molar-refractivity contribution is 9.10. The largest absolute Gasteiger partial charge is 0.468 e. The minimum Gasteiger partial charge on any atom is -0.468 e. The van der Waals surface area contributed by atoms with Gasteiger partial charge >= 0.3 is 5.97 Å². The summed E-state index contributed by atoms with van der Waals surface area (Å²) in [6, 6.07) is 8.35. The maximum absolute atomic E-state index is 11.7. The molecule has 1 aliphatic rings. The molecule has 98 valence electrons. The molecule has 2 unspecified atom stereocenters. The summed E-state index contributed by atoms with van der Waals surface area (Å²) in [5, 5.41) is 3.28. The summed E-state index contributed by atoms with van der Waals surface area (Å²) in [6.07, 6.45) is 1.82. The lowest BCUT2D eigenvalue weighted by molar-refractivity contribution is -0.147. The smallest absolute Gasteiger partial charge is 0.325 e. The molecule has 0 aromatic heterocycles. The van der Waals surface area contributed by atoms with Crippen LogP contribution >= 0.6 is 15.9 Å². The Morgan fingerprint density at radius 3 is 2.78 bits per heavy atom. The molecule has 4 heteroatoms. The highest BCUT2D eigenvalue weighted by atomic mass is 79.9. The Balaban J connectivity index is 1.97. The second-order valence-corrected chi connectivity index (χ2v) is 6.02. The summed E-state index contributed by atoms with van der Waals surface area (Å²) >= 11 is 3.43. The van der Waals surface area contributed by atoms with Gasteiger partial charge in [0.05, 0.1) is 7.11 Å². The SMILES string of the molecule is COC(=O)C1(C)CC(Cc2ccc(Br)cc2)CN1. The quantitative estimate of drug-likeness (QED) is 0.872. The number of carbonyl (C=O) groups is 1. The van der Waals surface area contributed by atoms with Crippen LogP contribution in [0.2, 0.25) is 0 Å². The Morgan fingerprint density at radius 2 is 2.17 bits per heavy atom. The van der Waals surface area contributed by atoms with Crippen LogP contribution < -0.4 is 5.32 Å². The van der Waals surface area contributed by atoms with Crippen molar-refractivity contribution in [1.82, 2.24) is 5.32 Å². The van der Waals surface area contributed by atoms with E-state index in [0.29, 0.717) is 5.92 Å². The number of esters is 1. The maximum atomic E-state index is 11.7. The molecule has 0 aliphatic carbocycles. The minimum atomic E-state index is -0.519. The molecule has 2 atom stereocenters. The lowest BCUT2D eigenvalue weighted by Gasteiger charge is -2.20. The van der Waals surface area contributed by atoms with Crippen LogP contribution in [0, 0.1) is 5.92 Å². The van der Waals surface area contributed by atoms with E-state index in [1.54, 1.807) is 0 Å². The van der Waals surface area contributed by atoms with E-state index in [1.165, 1.54) is 12.7 Å². The van der Waals surface area contributed by atoms with Crippen LogP contribution in [0.3, 0.4) is 0 Å². The predicted molar refractivity (Wildman–Crippen MR) is 74.4 cm³/mol. The van der Waals surface area contributed by atoms with Gasteiger partial charge in [0.15, 0.2) is 0 Å². The number of benzene rings is 1. The average molecular weight is 312 g/mol. The molecule has 1 aromatic carbocycles. The molecule has 1 aromatic rings. The zero-order valence-corrected chi connectivity index (χ0v) is 12.3. The van der Waals surface area contributed by atoms with Crippen LogP contribution in [0.25, 0.3) is 0 Å². The van der Waals surface area contributed by atoms with Gasteiger partial charge < -0.3 is 10.1 Å². The van der Waals surface area contributed by atoms with Gasteiger partial charge in [0.1, 0.15) is 5.54 Å². The van der Waals surface area contributed by atoms with Crippen molar-refractivity contribution >= 4 is 21.9 Å². The van der Waals surface area contributed by atoms with Crippen LogP contribution in [-0.2, 0) is 16.0 Å². The van der Waals surface area contributed by atoms with Gasteiger partial charge in [-0.1, -0.05) is 28.1 Å². The fraction of sp³-hybridized carbons (Fsp3) is 0.500. The summed E-state index contributed by atoms with van der Waals surface area (Å²) in [4.78, 5) is 11.7. The van der Waals surface area contributed by atoms with Crippen LogP contribution in [0.15, 0.2) is 28.7 Å². The Hall–Kier alpha value is -0.870. The zero-order chi connectivity index (χ0) is 13.2. The molecule has 1 fully saturated rings. The van der Waals surface area contributed by atoms with Gasteiger partial charge in [-0.3, -0.25) is 4.79 Å². The Morgan fingerprint density at radius 1 is 1.50 bits per heavy atom. The molecule has 2 rings (SSSR count). The Kier molecular flexibility index (Phi) is 4.07. The van der Waals surface area contributed by atoms with E-state index in [4.69, 9.17) is 4.74 Å². The molecule has 1 heterocycles. The molecule has 0 amide bonds. The lowest BCUT2D eigenvalue weighted by Crippen LogP contribution is -2.45. The minimum absolute atomic E-state index is 0.166. The molecule has 0 bridgehead atoms. The van der Waals surface area contributed by atoms with Gasteiger partial charge in [-0.25, -0.2) is 0 Å². The van der Waals surface area contributed by atoms with E-state index in [0.717, 1.165) is 23.9 Å². The van der Waals surface area contributed by atoms with Crippen molar-refractivity contribution in [3.05, 3.63) is 34.3 Å². The molecular weight excluding hydrogens is 294 g/mol. The van der Waals surface area contributed by atoms with Gasteiger partial charge in [0, 0.05) is 4.47 Å². The van der Waals surface area contributed by atoms with Crippen molar-refractivity contribution in [2.45, 2.75) is 25.3 Å². The normalized spacial score (nSPS) is 27.2. The monoisotopic (exact) mass is 311 g/mol. The van der Waals surface area contributed by atoms with E-state index in [-0.39, 0.29) is 5.97 Å². The molecule has 1 N–H and O–H groups in total. The van der Waals surface area contributed by atoms with Crippen molar-refractivity contribution in [2.75, 3.05) is 13.7 Å². The van der Waals surface area contributed by atoms with Crippen LogP contribution in [0.4, 0.5) is 0 Å². The first-order valence-electron chi connectivity index (χ1n) is 6.11. The molecule has 0 spiro atoms. The third kappa shape index (κ3) is 2.93. The summed E-state index contributed by atoms with van der Waals surface area (Å²) in [5.74, 6) is 0.316. The first-order valence-corrected chi connectivity index (χ1v) is 6.91.